The number of carbonyl (C=O) groups excluding carboxylic acids is 2. The summed E-state index contributed by atoms with van der Waals surface area (Å²) >= 11 is 1.55. The van der Waals surface area contributed by atoms with Gasteiger partial charge in [-0.1, -0.05) is 12.1 Å². The van der Waals surface area contributed by atoms with Crippen molar-refractivity contribution in [2.24, 2.45) is 0 Å². The molecule has 1 N–H and O–H groups in total. The van der Waals surface area contributed by atoms with E-state index in [0.29, 0.717) is 31.0 Å². The summed E-state index contributed by atoms with van der Waals surface area (Å²) < 4.78 is 49.3. The third kappa shape index (κ3) is 7.66. The first-order valence-corrected chi connectivity index (χ1v) is 13.3. The van der Waals surface area contributed by atoms with E-state index in [1.807, 2.05) is 35.7 Å². The SMILES string of the molecule is COc1ccc(CCN(Cc2cccs2)C(=O)CN(C(=O)Nc2ccc(C(F)(F)F)cc2)C2CC2)cc1OC. The second kappa shape index (κ2) is 12.4. The minimum atomic E-state index is -4.46. The topological polar surface area (TPSA) is 71.1 Å². The minimum Gasteiger partial charge on any atom is -0.493 e. The Labute approximate surface area is 229 Å². The van der Waals surface area contributed by atoms with Crippen LogP contribution in [-0.4, -0.2) is 55.1 Å². The number of alkyl halides is 3. The average molecular weight is 562 g/mol. The molecule has 1 aliphatic carbocycles. The van der Waals surface area contributed by atoms with E-state index in [2.05, 4.69) is 5.32 Å². The van der Waals surface area contributed by atoms with E-state index in [1.165, 1.54) is 17.0 Å². The lowest BCUT2D eigenvalue weighted by molar-refractivity contribution is -0.137. The quantitative estimate of drug-likeness (QED) is 0.309. The van der Waals surface area contributed by atoms with Gasteiger partial charge in [-0.15, -0.1) is 11.3 Å². The fraction of sp³-hybridized carbons (Fsp3) is 0.357. The van der Waals surface area contributed by atoms with E-state index < -0.39 is 17.8 Å². The smallest absolute Gasteiger partial charge is 0.416 e. The molecular formula is C28H30F3N3O4S. The fourth-order valence-corrected chi connectivity index (χ4v) is 4.84. The number of hydrogen-bond acceptors (Lipinski definition) is 5. The van der Waals surface area contributed by atoms with Crippen LogP contribution in [-0.2, 0) is 23.9 Å². The number of methoxy groups -OCH3 is 2. The van der Waals surface area contributed by atoms with Crippen molar-refractivity contribution in [3.8, 4) is 11.5 Å². The van der Waals surface area contributed by atoms with E-state index in [-0.39, 0.29) is 24.2 Å². The number of amides is 3. The van der Waals surface area contributed by atoms with Gasteiger partial charge in [-0.25, -0.2) is 4.79 Å². The summed E-state index contributed by atoms with van der Waals surface area (Å²) in [5.74, 6) is 1.01. The zero-order chi connectivity index (χ0) is 28.0. The van der Waals surface area contributed by atoms with Crippen LogP contribution in [0.25, 0.3) is 0 Å². The number of halogens is 3. The summed E-state index contributed by atoms with van der Waals surface area (Å²) in [6, 6.07) is 13.1. The molecule has 0 radical (unpaired) electrons. The lowest BCUT2D eigenvalue weighted by Gasteiger charge is -2.28. The molecule has 0 unspecified atom stereocenters. The zero-order valence-corrected chi connectivity index (χ0v) is 22.5. The van der Waals surface area contributed by atoms with Gasteiger partial charge in [0.25, 0.3) is 0 Å². The van der Waals surface area contributed by atoms with Gasteiger partial charge < -0.3 is 24.6 Å². The maximum absolute atomic E-state index is 13.5. The number of nitrogens with one attached hydrogen (secondary N) is 1. The summed E-state index contributed by atoms with van der Waals surface area (Å²) in [7, 11) is 3.13. The Kier molecular flexibility index (Phi) is 9.01. The van der Waals surface area contributed by atoms with Crippen LogP contribution < -0.4 is 14.8 Å². The molecule has 1 saturated carbocycles. The van der Waals surface area contributed by atoms with Gasteiger partial charge in [0.05, 0.1) is 26.3 Å². The molecule has 208 valence electrons. The molecule has 11 heteroatoms. The molecule has 1 fully saturated rings. The summed E-state index contributed by atoms with van der Waals surface area (Å²) in [6.45, 7) is 0.697. The van der Waals surface area contributed by atoms with Crippen molar-refractivity contribution in [1.29, 1.82) is 0 Å². The lowest BCUT2D eigenvalue weighted by Crippen LogP contribution is -2.45. The number of ether oxygens (including phenoxy) is 2. The van der Waals surface area contributed by atoms with Crippen LogP contribution in [0.2, 0.25) is 0 Å². The van der Waals surface area contributed by atoms with E-state index in [4.69, 9.17) is 9.47 Å². The molecule has 1 heterocycles. The summed E-state index contributed by atoms with van der Waals surface area (Å²) in [5.41, 5.74) is 0.402. The van der Waals surface area contributed by atoms with Crippen LogP contribution in [0.4, 0.5) is 23.7 Å². The third-order valence-corrected chi connectivity index (χ3v) is 7.28. The van der Waals surface area contributed by atoms with Gasteiger partial charge in [0, 0.05) is 23.2 Å². The number of rotatable bonds is 11. The molecule has 39 heavy (non-hydrogen) atoms. The van der Waals surface area contributed by atoms with E-state index >= 15 is 0 Å². The maximum Gasteiger partial charge on any atom is 0.416 e. The molecular weight excluding hydrogens is 531 g/mol. The first-order chi connectivity index (χ1) is 18.7. The summed E-state index contributed by atoms with van der Waals surface area (Å²) in [6.07, 6.45) is -2.36. The first-order valence-electron chi connectivity index (χ1n) is 12.4. The summed E-state index contributed by atoms with van der Waals surface area (Å²) in [5, 5.41) is 4.58. The Morgan fingerprint density at radius 1 is 1.03 bits per heavy atom. The number of hydrogen-bond donors (Lipinski definition) is 1. The van der Waals surface area contributed by atoms with Crippen molar-refractivity contribution in [2.45, 2.75) is 38.0 Å². The predicted octanol–water partition coefficient (Wildman–Crippen LogP) is 6.05. The Morgan fingerprint density at radius 3 is 2.33 bits per heavy atom. The molecule has 0 saturated heterocycles. The second-order valence-electron chi connectivity index (χ2n) is 9.20. The van der Waals surface area contributed by atoms with Crippen LogP contribution in [0.3, 0.4) is 0 Å². The highest BCUT2D eigenvalue weighted by Crippen LogP contribution is 2.31. The van der Waals surface area contributed by atoms with E-state index in [9.17, 15) is 22.8 Å². The monoisotopic (exact) mass is 561 g/mol. The van der Waals surface area contributed by atoms with Gasteiger partial charge in [-0.3, -0.25) is 4.79 Å². The van der Waals surface area contributed by atoms with Crippen molar-refractivity contribution in [2.75, 3.05) is 32.6 Å². The highest BCUT2D eigenvalue weighted by atomic mass is 32.1. The van der Waals surface area contributed by atoms with Crippen LogP contribution >= 0.6 is 11.3 Å². The number of benzene rings is 2. The van der Waals surface area contributed by atoms with Gasteiger partial charge in [-0.2, -0.15) is 13.2 Å². The van der Waals surface area contributed by atoms with Crippen molar-refractivity contribution in [3.05, 3.63) is 76.0 Å². The highest BCUT2D eigenvalue weighted by molar-refractivity contribution is 7.09. The molecule has 3 amide bonds. The van der Waals surface area contributed by atoms with Gasteiger partial charge in [-0.05, 0) is 72.7 Å². The standard InChI is InChI=1S/C28H30F3N3O4S/c1-37-24-12-5-19(16-25(24)38-2)13-14-33(17-23-4-3-15-39-23)26(35)18-34(22-10-11-22)27(36)32-21-8-6-20(7-9-21)28(29,30)31/h3-9,12,15-16,22H,10-11,13-14,17-18H2,1-2H3,(H,32,36). The zero-order valence-electron chi connectivity index (χ0n) is 21.7. The Bertz CT molecular complexity index is 1260. The molecule has 0 spiro atoms. The van der Waals surface area contributed by atoms with Crippen LogP contribution in [0.1, 0.15) is 28.8 Å². The predicted molar refractivity (Wildman–Crippen MR) is 143 cm³/mol. The summed E-state index contributed by atoms with van der Waals surface area (Å²) in [4.78, 5) is 30.8. The minimum absolute atomic E-state index is 0.0853. The molecule has 0 atom stereocenters. The van der Waals surface area contributed by atoms with Crippen LogP contribution in [0.5, 0.6) is 11.5 Å². The van der Waals surface area contributed by atoms with Gasteiger partial charge in [0.2, 0.25) is 5.91 Å². The van der Waals surface area contributed by atoms with Crippen molar-refractivity contribution in [1.82, 2.24) is 9.80 Å². The van der Waals surface area contributed by atoms with Crippen LogP contribution in [0, 0.1) is 0 Å². The fourth-order valence-electron chi connectivity index (χ4n) is 4.12. The maximum atomic E-state index is 13.5. The highest BCUT2D eigenvalue weighted by Gasteiger charge is 2.35. The molecule has 0 bridgehead atoms. The first kappa shape index (κ1) is 28.3. The molecule has 7 nitrogen and oxygen atoms in total. The Hall–Kier alpha value is -3.73. The van der Waals surface area contributed by atoms with Gasteiger partial charge in [0.15, 0.2) is 11.5 Å². The number of nitrogens with zero attached hydrogens (tertiary/aromatic N) is 2. The normalized spacial score (nSPS) is 13.1. The number of anilines is 1. The van der Waals surface area contributed by atoms with Crippen molar-refractivity contribution >= 4 is 29.0 Å². The number of thiophene rings is 1. The molecule has 4 rings (SSSR count). The Morgan fingerprint density at radius 2 is 1.74 bits per heavy atom. The van der Waals surface area contributed by atoms with Crippen LogP contribution in [0.15, 0.2) is 60.0 Å². The lowest BCUT2D eigenvalue weighted by atomic mass is 10.1. The largest absolute Gasteiger partial charge is 0.493 e. The number of urea groups is 1. The van der Waals surface area contributed by atoms with E-state index in [0.717, 1.165) is 35.4 Å². The van der Waals surface area contributed by atoms with E-state index in [1.54, 1.807) is 30.5 Å². The molecule has 0 aliphatic heterocycles. The molecule has 1 aromatic heterocycles. The van der Waals surface area contributed by atoms with Gasteiger partial charge in [0.1, 0.15) is 6.54 Å². The second-order valence-corrected chi connectivity index (χ2v) is 10.2. The van der Waals surface area contributed by atoms with Crippen molar-refractivity contribution in [3.63, 3.8) is 0 Å². The average Bonchev–Trinajstić information content (AvgIpc) is 3.63. The molecule has 2 aromatic carbocycles. The molecule has 1 aliphatic rings. The number of carbonyl (C=O) groups is 2. The Balaban J connectivity index is 1.44. The third-order valence-electron chi connectivity index (χ3n) is 6.42. The van der Waals surface area contributed by atoms with Gasteiger partial charge >= 0.3 is 12.2 Å². The van der Waals surface area contributed by atoms with Crippen molar-refractivity contribution < 1.29 is 32.2 Å². The molecule has 3 aromatic rings.